The Morgan fingerprint density at radius 3 is 2.80 bits per heavy atom. The average Bonchev–Trinajstić information content (AvgIpc) is 3.44. The van der Waals surface area contributed by atoms with E-state index < -0.39 is 0 Å². The Morgan fingerprint density at radius 1 is 1.23 bits per heavy atom. The van der Waals surface area contributed by atoms with E-state index in [4.69, 9.17) is 14.3 Å². The highest BCUT2D eigenvalue weighted by atomic mass is 16.5. The van der Waals surface area contributed by atoms with Crippen molar-refractivity contribution in [3.8, 4) is 17.2 Å². The zero-order chi connectivity index (χ0) is 20.5. The molecule has 0 saturated carbocycles. The van der Waals surface area contributed by atoms with Crippen molar-refractivity contribution in [2.24, 2.45) is 13.0 Å². The Morgan fingerprint density at radius 2 is 2.10 bits per heavy atom. The highest BCUT2D eigenvalue weighted by Gasteiger charge is 2.41. The van der Waals surface area contributed by atoms with Gasteiger partial charge in [0.15, 0.2) is 5.76 Å². The minimum atomic E-state index is 0.554. The van der Waals surface area contributed by atoms with Crippen molar-refractivity contribution in [1.82, 2.24) is 20.0 Å². The third-order valence-electron chi connectivity index (χ3n) is 6.82. The highest BCUT2D eigenvalue weighted by Crippen LogP contribution is 2.42. The van der Waals surface area contributed by atoms with E-state index in [0.29, 0.717) is 12.0 Å². The van der Waals surface area contributed by atoms with Crippen molar-refractivity contribution in [3.05, 3.63) is 60.0 Å². The Balaban J connectivity index is 1.20. The van der Waals surface area contributed by atoms with Gasteiger partial charge in [0.1, 0.15) is 11.4 Å². The third kappa shape index (κ3) is 3.77. The molecular weight excluding hydrogens is 376 g/mol. The van der Waals surface area contributed by atoms with Crippen LogP contribution in [0.3, 0.4) is 0 Å². The van der Waals surface area contributed by atoms with Gasteiger partial charge in [0.25, 0.3) is 0 Å². The first kappa shape index (κ1) is 19.4. The maximum atomic E-state index is 5.55. The topological polar surface area (TPSA) is 55.5 Å². The van der Waals surface area contributed by atoms with Gasteiger partial charge in [-0.3, -0.25) is 9.58 Å². The monoisotopic (exact) mass is 406 g/mol. The van der Waals surface area contributed by atoms with E-state index in [9.17, 15) is 0 Å². The smallest absolute Gasteiger partial charge is 0.154 e. The predicted molar refractivity (Wildman–Crippen MR) is 116 cm³/mol. The number of furan rings is 1. The zero-order valence-electron chi connectivity index (χ0n) is 17.8. The van der Waals surface area contributed by atoms with Crippen molar-refractivity contribution in [3.63, 3.8) is 0 Å². The van der Waals surface area contributed by atoms with Gasteiger partial charge in [-0.1, -0.05) is 12.1 Å². The minimum absolute atomic E-state index is 0.554. The number of ether oxygens (including phenoxy) is 1. The maximum absolute atomic E-state index is 5.55. The van der Waals surface area contributed by atoms with Crippen LogP contribution in [0.5, 0.6) is 5.75 Å². The van der Waals surface area contributed by atoms with Crippen LogP contribution in [0.2, 0.25) is 0 Å². The molecule has 3 saturated heterocycles. The molecule has 0 spiro atoms. The molecule has 4 unspecified atom stereocenters. The number of fused-ring (bicyclic) bond motifs is 3. The number of hydrogen-bond acceptors (Lipinski definition) is 5. The van der Waals surface area contributed by atoms with Gasteiger partial charge in [-0.25, -0.2) is 0 Å². The molecule has 2 bridgehead atoms. The van der Waals surface area contributed by atoms with E-state index in [1.54, 1.807) is 13.4 Å². The summed E-state index contributed by atoms with van der Waals surface area (Å²) in [4.78, 5) is 2.67. The lowest BCUT2D eigenvalue weighted by atomic mass is 9.74. The molecule has 1 N–H and O–H groups in total. The van der Waals surface area contributed by atoms with Crippen LogP contribution in [0, 0.1) is 5.92 Å². The van der Waals surface area contributed by atoms with Crippen molar-refractivity contribution in [2.45, 2.75) is 31.3 Å². The van der Waals surface area contributed by atoms with Crippen LogP contribution >= 0.6 is 0 Å². The molecule has 0 radical (unpaired) electrons. The van der Waals surface area contributed by atoms with Gasteiger partial charge >= 0.3 is 0 Å². The summed E-state index contributed by atoms with van der Waals surface area (Å²) in [5.74, 6) is 3.03. The van der Waals surface area contributed by atoms with Crippen LogP contribution in [0.25, 0.3) is 11.5 Å². The van der Waals surface area contributed by atoms with Crippen molar-refractivity contribution < 1.29 is 9.15 Å². The van der Waals surface area contributed by atoms with Gasteiger partial charge in [-0.05, 0) is 61.2 Å². The van der Waals surface area contributed by atoms with E-state index in [0.717, 1.165) is 42.8 Å². The number of piperidine rings is 3. The Hall–Kier alpha value is -2.57. The van der Waals surface area contributed by atoms with Crippen LogP contribution in [0.4, 0.5) is 0 Å². The molecule has 3 aromatic rings. The Labute approximate surface area is 177 Å². The first-order valence-corrected chi connectivity index (χ1v) is 10.9. The molecule has 3 aliphatic rings. The molecule has 0 amide bonds. The van der Waals surface area contributed by atoms with E-state index in [1.165, 1.54) is 30.6 Å². The molecular formula is C24H30N4O2. The summed E-state index contributed by atoms with van der Waals surface area (Å²) in [5.41, 5.74) is 3.57. The molecule has 158 valence electrons. The molecule has 2 aromatic heterocycles. The average molecular weight is 407 g/mol. The Bertz CT molecular complexity index is 964. The molecule has 1 aromatic carbocycles. The molecule has 6 nitrogen and oxygen atoms in total. The van der Waals surface area contributed by atoms with E-state index in [-0.39, 0.29) is 0 Å². The third-order valence-corrected chi connectivity index (χ3v) is 6.82. The summed E-state index contributed by atoms with van der Waals surface area (Å²) in [6.45, 7) is 4.27. The number of methoxy groups -OCH3 is 1. The molecule has 30 heavy (non-hydrogen) atoms. The summed E-state index contributed by atoms with van der Waals surface area (Å²) >= 11 is 0. The fraction of sp³-hybridized carbons (Fsp3) is 0.458. The number of aryl methyl sites for hydroxylation is 1. The van der Waals surface area contributed by atoms with Gasteiger partial charge in [0.2, 0.25) is 0 Å². The van der Waals surface area contributed by atoms with Crippen LogP contribution < -0.4 is 10.1 Å². The number of benzene rings is 1. The molecule has 6 rings (SSSR count). The second-order valence-corrected chi connectivity index (χ2v) is 8.57. The predicted octanol–water partition coefficient (Wildman–Crippen LogP) is 3.66. The van der Waals surface area contributed by atoms with E-state index in [2.05, 4.69) is 40.1 Å². The quantitative estimate of drug-likeness (QED) is 0.649. The number of aromatic nitrogens is 2. The molecule has 5 heterocycles. The molecule has 3 aliphatic heterocycles. The summed E-state index contributed by atoms with van der Waals surface area (Å²) in [7, 11) is 3.77. The van der Waals surface area contributed by atoms with Gasteiger partial charge in [-0.2, -0.15) is 5.10 Å². The molecule has 0 aliphatic carbocycles. The number of rotatable bonds is 7. The first-order chi connectivity index (χ1) is 14.7. The lowest BCUT2D eigenvalue weighted by molar-refractivity contribution is 0.0282. The Kier molecular flexibility index (Phi) is 5.35. The SMILES string of the molecule is COc1ccc(CNCC2CC3CCN2CC3c2cc(-c3ccco3)nn2C)cc1. The van der Waals surface area contributed by atoms with Crippen LogP contribution in [0.1, 0.15) is 30.0 Å². The van der Waals surface area contributed by atoms with Crippen LogP contribution in [0.15, 0.2) is 53.1 Å². The largest absolute Gasteiger partial charge is 0.497 e. The summed E-state index contributed by atoms with van der Waals surface area (Å²) < 4.78 is 12.8. The van der Waals surface area contributed by atoms with E-state index in [1.807, 2.05) is 24.3 Å². The maximum Gasteiger partial charge on any atom is 0.154 e. The zero-order valence-corrected chi connectivity index (χ0v) is 17.8. The van der Waals surface area contributed by atoms with Crippen molar-refractivity contribution >= 4 is 0 Å². The van der Waals surface area contributed by atoms with Crippen molar-refractivity contribution in [1.29, 1.82) is 0 Å². The second kappa shape index (κ2) is 8.28. The molecule has 6 heteroatoms. The van der Waals surface area contributed by atoms with E-state index >= 15 is 0 Å². The number of nitrogens with one attached hydrogen (secondary N) is 1. The summed E-state index contributed by atoms with van der Waals surface area (Å²) in [6.07, 6.45) is 4.24. The van der Waals surface area contributed by atoms with Crippen LogP contribution in [-0.4, -0.2) is 47.5 Å². The fourth-order valence-electron chi connectivity index (χ4n) is 5.19. The van der Waals surface area contributed by atoms with Gasteiger partial charge in [-0.15, -0.1) is 0 Å². The standard InChI is InChI=1S/C24H30N4O2/c1-27-23(13-22(26-27)24-4-3-11-30-24)21-16-28-10-9-18(21)12-19(28)15-25-14-17-5-7-20(29-2)8-6-17/h3-8,11,13,18-19,21,25H,9-10,12,14-16H2,1-2H3. The highest BCUT2D eigenvalue weighted by molar-refractivity contribution is 5.52. The summed E-state index contributed by atoms with van der Waals surface area (Å²) in [6, 6.07) is 15.1. The van der Waals surface area contributed by atoms with Gasteiger partial charge in [0, 0.05) is 44.3 Å². The molecule has 3 fully saturated rings. The van der Waals surface area contributed by atoms with Crippen molar-refractivity contribution in [2.75, 3.05) is 26.7 Å². The number of hydrogen-bond donors (Lipinski definition) is 1. The van der Waals surface area contributed by atoms with Gasteiger partial charge < -0.3 is 14.5 Å². The second-order valence-electron chi connectivity index (χ2n) is 8.57. The normalized spacial score (nSPS) is 25.5. The molecule has 4 atom stereocenters. The number of nitrogens with zero attached hydrogens (tertiary/aromatic N) is 3. The van der Waals surface area contributed by atoms with Crippen LogP contribution in [-0.2, 0) is 13.6 Å². The lowest BCUT2D eigenvalue weighted by Crippen LogP contribution is -2.55. The first-order valence-electron chi connectivity index (χ1n) is 10.9. The van der Waals surface area contributed by atoms with Gasteiger partial charge in [0.05, 0.1) is 13.4 Å². The fourth-order valence-corrected chi connectivity index (χ4v) is 5.19. The summed E-state index contributed by atoms with van der Waals surface area (Å²) in [5, 5.41) is 8.38. The lowest BCUT2D eigenvalue weighted by Gasteiger charge is -2.50. The minimum Gasteiger partial charge on any atom is -0.497 e.